The Morgan fingerprint density at radius 3 is 1.89 bits per heavy atom. The number of nitrogens with zero attached hydrogens (tertiary/aromatic N) is 2. The molecule has 1 unspecified atom stereocenters. The highest BCUT2D eigenvalue weighted by Crippen LogP contribution is 2.40. The zero-order valence-corrected chi connectivity index (χ0v) is 24.3. The van der Waals surface area contributed by atoms with Gasteiger partial charge in [-0.25, -0.2) is 9.98 Å². The summed E-state index contributed by atoms with van der Waals surface area (Å²) < 4.78 is 6.46. The number of furan rings is 1. The second-order valence-electron chi connectivity index (χ2n) is 11.4. The van der Waals surface area contributed by atoms with Gasteiger partial charge in [-0.1, -0.05) is 127 Å². The Labute approximate surface area is 260 Å². The molecular formula is C41H27N3O. The molecule has 0 fully saturated rings. The molecule has 0 amide bonds. The van der Waals surface area contributed by atoms with Gasteiger partial charge in [0.2, 0.25) is 0 Å². The molecule has 0 spiro atoms. The lowest BCUT2D eigenvalue weighted by atomic mass is 9.95. The Balaban J connectivity index is 1.33. The van der Waals surface area contributed by atoms with Gasteiger partial charge in [-0.05, 0) is 56.9 Å². The van der Waals surface area contributed by atoms with Crippen LogP contribution in [-0.2, 0) is 0 Å². The minimum atomic E-state index is -0.506. The molecule has 2 heterocycles. The van der Waals surface area contributed by atoms with Gasteiger partial charge in [0.1, 0.15) is 22.8 Å². The number of fused-ring (bicyclic) bond motifs is 6. The standard InChI is InChI=1S/C41H27N3O/c1-3-13-26(14-4-1)29-24-35(38-33-21-11-12-22-36(33)45-37(38)25-29)41-43-39(27-15-5-2-6-16-27)42-40(44-41)34-23-28-17-7-8-18-30(28)31-19-9-10-20-32(31)34/h1-25,41H,(H,42,43,44). The van der Waals surface area contributed by atoms with Gasteiger partial charge >= 0.3 is 0 Å². The monoisotopic (exact) mass is 577 g/mol. The molecule has 8 aromatic rings. The molecule has 0 saturated carbocycles. The number of amidine groups is 2. The molecule has 1 aliphatic heterocycles. The number of hydrogen-bond donors (Lipinski definition) is 1. The fourth-order valence-corrected chi connectivity index (χ4v) is 6.61. The van der Waals surface area contributed by atoms with Crippen LogP contribution in [0.2, 0.25) is 0 Å². The summed E-state index contributed by atoms with van der Waals surface area (Å²) in [5, 5.41) is 10.5. The summed E-state index contributed by atoms with van der Waals surface area (Å²) in [5.41, 5.74) is 6.93. The van der Waals surface area contributed by atoms with Crippen molar-refractivity contribution in [3.8, 4) is 11.1 Å². The fraction of sp³-hybridized carbons (Fsp3) is 0.0244. The van der Waals surface area contributed by atoms with Gasteiger partial charge in [0.05, 0.1) is 0 Å². The van der Waals surface area contributed by atoms with Crippen molar-refractivity contribution in [2.45, 2.75) is 6.17 Å². The van der Waals surface area contributed by atoms with Crippen molar-refractivity contribution >= 4 is 55.2 Å². The summed E-state index contributed by atoms with van der Waals surface area (Å²) in [6.45, 7) is 0. The highest BCUT2D eigenvalue weighted by Gasteiger charge is 2.26. The largest absolute Gasteiger partial charge is 0.456 e. The lowest BCUT2D eigenvalue weighted by Crippen LogP contribution is -2.36. The van der Waals surface area contributed by atoms with Crippen molar-refractivity contribution in [2.24, 2.45) is 9.98 Å². The van der Waals surface area contributed by atoms with Crippen molar-refractivity contribution < 1.29 is 4.42 Å². The first-order valence-electron chi connectivity index (χ1n) is 15.2. The molecule has 45 heavy (non-hydrogen) atoms. The average molecular weight is 578 g/mol. The van der Waals surface area contributed by atoms with Crippen LogP contribution >= 0.6 is 0 Å². The fourth-order valence-electron chi connectivity index (χ4n) is 6.61. The Morgan fingerprint density at radius 2 is 1.09 bits per heavy atom. The molecule has 1 N–H and O–H groups in total. The summed E-state index contributed by atoms with van der Waals surface area (Å²) in [6.07, 6.45) is -0.506. The molecule has 0 bridgehead atoms. The molecule has 1 aromatic heterocycles. The van der Waals surface area contributed by atoms with Crippen LogP contribution in [0.5, 0.6) is 0 Å². The summed E-state index contributed by atoms with van der Waals surface area (Å²) >= 11 is 0. The van der Waals surface area contributed by atoms with Crippen LogP contribution in [0.4, 0.5) is 0 Å². The van der Waals surface area contributed by atoms with Crippen LogP contribution in [0.25, 0.3) is 54.6 Å². The van der Waals surface area contributed by atoms with Gasteiger partial charge in [0.15, 0.2) is 6.17 Å². The van der Waals surface area contributed by atoms with Crippen LogP contribution < -0.4 is 5.32 Å². The molecule has 7 aromatic carbocycles. The lowest BCUT2D eigenvalue weighted by Gasteiger charge is -2.24. The normalized spacial score (nSPS) is 14.9. The lowest BCUT2D eigenvalue weighted by molar-refractivity contribution is 0.668. The van der Waals surface area contributed by atoms with Gasteiger partial charge in [0.25, 0.3) is 0 Å². The second kappa shape index (κ2) is 10.3. The third-order valence-corrected chi connectivity index (χ3v) is 8.70. The molecule has 0 saturated heterocycles. The predicted octanol–water partition coefficient (Wildman–Crippen LogP) is 10.1. The third kappa shape index (κ3) is 4.30. The molecule has 212 valence electrons. The van der Waals surface area contributed by atoms with E-state index in [1.54, 1.807) is 0 Å². The molecule has 0 radical (unpaired) electrons. The first-order valence-corrected chi connectivity index (χ1v) is 15.2. The topological polar surface area (TPSA) is 49.9 Å². The summed E-state index contributed by atoms with van der Waals surface area (Å²) in [5.74, 6) is 1.58. The summed E-state index contributed by atoms with van der Waals surface area (Å²) in [4.78, 5) is 10.7. The third-order valence-electron chi connectivity index (χ3n) is 8.70. The predicted molar refractivity (Wildman–Crippen MR) is 186 cm³/mol. The Bertz CT molecular complexity index is 2460. The van der Waals surface area contributed by atoms with Crippen LogP contribution in [-0.4, -0.2) is 11.7 Å². The maximum atomic E-state index is 6.46. The zero-order valence-electron chi connectivity index (χ0n) is 24.3. The molecule has 0 aliphatic carbocycles. The van der Waals surface area contributed by atoms with E-state index in [0.29, 0.717) is 0 Å². The van der Waals surface area contributed by atoms with E-state index in [-0.39, 0.29) is 0 Å². The van der Waals surface area contributed by atoms with Crippen LogP contribution in [0.1, 0.15) is 22.9 Å². The molecule has 1 atom stereocenters. The van der Waals surface area contributed by atoms with Gasteiger partial charge in [-0.3, -0.25) is 0 Å². The first-order chi connectivity index (χ1) is 22.3. The number of rotatable bonds is 4. The molecule has 9 rings (SSSR count). The smallest absolute Gasteiger partial charge is 0.170 e. The van der Waals surface area contributed by atoms with E-state index in [4.69, 9.17) is 14.4 Å². The van der Waals surface area contributed by atoms with Crippen molar-refractivity contribution in [3.05, 3.63) is 168 Å². The maximum absolute atomic E-state index is 6.46. The first kappa shape index (κ1) is 25.5. The van der Waals surface area contributed by atoms with Gasteiger partial charge < -0.3 is 9.73 Å². The zero-order chi connectivity index (χ0) is 29.7. The van der Waals surface area contributed by atoms with E-state index in [1.807, 2.05) is 36.4 Å². The second-order valence-corrected chi connectivity index (χ2v) is 11.4. The van der Waals surface area contributed by atoms with Crippen molar-refractivity contribution in [1.82, 2.24) is 5.32 Å². The number of benzene rings is 7. The van der Waals surface area contributed by atoms with E-state index < -0.39 is 6.17 Å². The SMILES string of the molecule is c1ccc(C2=NC(c3cc(-c4ccccc4)cc4oc5ccccc5c34)N=C(c3cc4ccccc4c4ccccc34)N2)cc1. The van der Waals surface area contributed by atoms with E-state index >= 15 is 0 Å². The minimum Gasteiger partial charge on any atom is -0.456 e. The number of nitrogens with one attached hydrogen (secondary N) is 1. The van der Waals surface area contributed by atoms with Crippen LogP contribution in [0, 0.1) is 0 Å². The van der Waals surface area contributed by atoms with Crippen molar-refractivity contribution in [1.29, 1.82) is 0 Å². The number of aliphatic imine (C=N–C) groups is 2. The quantitative estimate of drug-likeness (QED) is 0.212. The van der Waals surface area contributed by atoms with E-state index in [2.05, 4.69) is 121 Å². The maximum Gasteiger partial charge on any atom is 0.170 e. The molecular weight excluding hydrogens is 550 g/mol. The highest BCUT2D eigenvalue weighted by atomic mass is 16.3. The van der Waals surface area contributed by atoms with Crippen LogP contribution in [0.3, 0.4) is 0 Å². The number of para-hydroxylation sites is 1. The minimum absolute atomic E-state index is 0.506. The summed E-state index contributed by atoms with van der Waals surface area (Å²) in [7, 11) is 0. The van der Waals surface area contributed by atoms with E-state index in [1.165, 1.54) is 16.2 Å². The number of hydrogen-bond acceptors (Lipinski definition) is 4. The Kier molecular flexibility index (Phi) is 5.85. The molecule has 4 nitrogen and oxygen atoms in total. The van der Waals surface area contributed by atoms with Gasteiger partial charge in [0, 0.05) is 27.5 Å². The average Bonchev–Trinajstić information content (AvgIpc) is 3.50. The van der Waals surface area contributed by atoms with Crippen molar-refractivity contribution in [3.63, 3.8) is 0 Å². The van der Waals surface area contributed by atoms with Crippen LogP contribution in [0.15, 0.2) is 166 Å². The van der Waals surface area contributed by atoms with Crippen molar-refractivity contribution in [2.75, 3.05) is 0 Å². The van der Waals surface area contributed by atoms with Gasteiger partial charge in [-0.15, -0.1) is 0 Å². The summed E-state index contributed by atoms with van der Waals surface area (Å²) in [6, 6.07) is 52.7. The molecule has 1 aliphatic rings. The Morgan fingerprint density at radius 1 is 0.467 bits per heavy atom. The van der Waals surface area contributed by atoms with E-state index in [0.717, 1.165) is 66.8 Å². The van der Waals surface area contributed by atoms with Gasteiger partial charge in [-0.2, -0.15) is 0 Å². The van der Waals surface area contributed by atoms with E-state index in [9.17, 15) is 0 Å². The molecule has 4 heteroatoms. The highest BCUT2D eigenvalue weighted by molar-refractivity contribution is 6.23. The Hall–Kier alpha value is -6.00.